The van der Waals surface area contributed by atoms with E-state index in [0.717, 1.165) is 0 Å². The first-order chi connectivity index (χ1) is 11.3. The van der Waals surface area contributed by atoms with E-state index in [1.165, 1.54) is 4.57 Å². The van der Waals surface area contributed by atoms with Crippen LogP contribution in [0.15, 0.2) is 17.1 Å². The molecule has 0 saturated carbocycles. The molecule has 3 heterocycles. The molecule has 0 atom stereocenters. The molecule has 0 fully saturated rings. The van der Waals surface area contributed by atoms with E-state index >= 15 is 0 Å². The number of aryl methyl sites for hydroxylation is 1. The van der Waals surface area contributed by atoms with Gasteiger partial charge in [0.1, 0.15) is 11.4 Å². The Balaban J connectivity index is 1.91. The number of hydrogen-bond donors (Lipinski definition) is 2. The van der Waals surface area contributed by atoms with Crippen LogP contribution in [0.5, 0.6) is 5.75 Å². The first kappa shape index (κ1) is 16.2. The maximum Gasteiger partial charge on any atom is 0.296 e. The molecule has 24 heavy (non-hydrogen) atoms. The molecular formula is C15H19N5O4. The van der Waals surface area contributed by atoms with E-state index in [4.69, 9.17) is 4.74 Å². The largest absolute Gasteiger partial charge is 0.501 e. The number of aromatic nitrogens is 4. The highest BCUT2D eigenvalue weighted by Crippen LogP contribution is 2.27. The highest BCUT2D eigenvalue weighted by Gasteiger charge is 2.34. The summed E-state index contributed by atoms with van der Waals surface area (Å²) in [4.78, 5) is 28.9. The van der Waals surface area contributed by atoms with Crippen molar-refractivity contribution in [1.29, 1.82) is 0 Å². The first-order valence-corrected chi connectivity index (χ1v) is 7.54. The van der Waals surface area contributed by atoms with Crippen molar-refractivity contribution in [3.05, 3.63) is 39.8 Å². The van der Waals surface area contributed by atoms with Crippen LogP contribution in [0.25, 0.3) is 0 Å². The maximum atomic E-state index is 12.3. The summed E-state index contributed by atoms with van der Waals surface area (Å²) in [6.45, 7) is 4.31. The smallest absolute Gasteiger partial charge is 0.296 e. The summed E-state index contributed by atoms with van der Waals surface area (Å²) in [5.74, 6) is -0.977. The van der Waals surface area contributed by atoms with Gasteiger partial charge in [-0.3, -0.25) is 18.8 Å². The minimum Gasteiger partial charge on any atom is -0.501 e. The third kappa shape index (κ3) is 2.78. The fraction of sp³-hybridized carbons (Fsp3) is 0.467. The quantitative estimate of drug-likeness (QED) is 0.810. The lowest BCUT2D eigenvalue weighted by atomic mass is 10.1. The number of carbonyl (C=O) groups excluding carboxylic acids is 1. The normalized spacial score (nSPS) is 15.8. The Morgan fingerprint density at radius 3 is 2.92 bits per heavy atom. The second kappa shape index (κ2) is 5.75. The number of nitrogens with one attached hydrogen (secondary N) is 1. The molecule has 1 amide bonds. The number of nitrogens with zero attached hydrogens (tertiary/aromatic N) is 4. The maximum absolute atomic E-state index is 12.3. The summed E-state index contributed by atoms with van der Waals surface area (Å²) in [5.41, 5.74) is -1.11. The average Bonchev–Trinajstić information content (AvgIpc) is 2.94. The molecule has 1 aliphatic heterocycles. The van der Waals surface area contributed by atoms with E-state index in [9.17, 15) is 14.7 Å². The van der Waals surface area contributed by atoms with Gasteiger partial charge >= 0.3 is 0 Å². The third-order valence-electron chi connectivity index (χ3n) is 3.88. The number of hydrogen-bond acceptors (Lipinski definition) is 6. The number of carbonyl (C=O) groups is 1. The van der Waals surface area contributed by atoms with Gasteiger partial charge in [0.15, 0.2) is 5.69 Å². The van der Waals surface area contributed by atoms with Crippen molar-refractivity contribution in [2.45, 2.75) is 32.5 Å². The van der Waals surface area contributed by atoms with Crippen molar-refractivity contribution >= 4 is 5.91 Å². The van der Waals surface area contributed by atoms with E-state index < -0.39 is 22.8 Å². The van der Waals surface area contributed by atoms with E-state index in [-0.39, 0.29) is 18.8 Å². The van der Waals surface area contributed by atoms with Crippen LogP contribution in [0, 0.1) is 0 Å². The number of rotatable bonds is 3. The van der Waals surface area contributed by atoms with Gasteiger partial charge in [-0.1, -0.05) is 0 Å². The molecule has 0 unspecified atom stereocenters. The lowest BCUT2D eigenvalue weighted by Crippen LogP contribution is -2.42. The van der Waals surface area contributed by atoms with Gasteiger partial charge in [-0.15, -0.1) is 0 Å². The van der Waals surface area contributed by atoms with Crippen molar-refractivity contribution in [3.8, 4) is 5.75 Å². The van der Waals surface area contributed by atoms with Crippen LogP contribution < -0.4 is 10.9 Å². The molecule has 0 spiro atoms. The molecule has 128 valence electrons. The van der Waals surface area contributed by atoms with E-state index in [1.807, 2.05) is 0 Å². The summed E-state index contributed by atoms with van der Waals surface area (Å²) in [6, 6.07) is 1.76. The summed E-state index contributed by atoms with van der Waals surface area (Å²) >= 11 is 0. The molecule has 3 rings (SSSR count). The van der Waals surface area contributed by atoms with Crippen molar-refractivity contribution < 1.29 is 14.6 Å². The monoisotopic (exact) mass is 333 g/mol. The average molecular weight is 333 g/mol. The van der Waals surface area contributed by atoms with Crippen LogP contribution >= 0.6 is 0 Å². The fourth-order valence-electron chi connectivity index (χ4n) is 2.64. The van der Waals surface area contributed by atoms with Crippen LogP contribution in [-0.2, 0) is 30.5 Å². The van der Waals surface area contributed by atoms with Gasteiger partial charge < -0.3 is 15.2 Å². The van der Waals surface area contributed by atoms with Crippen LogP contribution in [0.3, 0.4) is 0 Å². The Morgan fingerprint density at radius 1 is 1.50 bits per heavy atom. The molecule has 0 aromatic carbocycles. The number of fused-ring (bicyclic) bond motifs is 1. The molecule has 9 heteroatoms. The number of amides is 1. The highest BCUT2D eigenvalue weighted by atomic mass is 16.5. The van der Waals surface area contributed by atoms with E-state index in [1.54, 1.807) is 37.8 Å². The molecule has 2 aromatic heterocycles. The molecule has 2 N–H and O–H groups in total. The molecule has 0 radical (unpaired) electrons. The lowest BCUT2D eigenvalue weighted by Gasteiger charge is -2.32. The van der Waals surface area contributed by atoms with Gasteiger partial charge in [-0.25, -0.2) is 4.98 Å². The van der Waals surface area contributed by atoms with Gasteiger partial charge in [0.05, 0.1) is 25.4 Å². The Labute approximate surface area is 137 Å². The van der Waals surface area contributed by atoms with Gasteiger partial charge in [0.2, 0.25) is 5.75 Å². The number of aromatic hydroxyl groups is 1. The Hall–Kier alpha value is -2.68. The van der Waals surface area contributed by atoms with E-state index in [2.05, 4.69) is 15.4 Å². The van der Waals surface area contributed by atoms with Crippen LogP contribution in [0.4, 0.5) is 0 Å². The zero-order valence-corrected chi connectivity index (χ0v) is 13.7. The van der Waals surface area contributed by atoms with Crippen LogP contribution in [-0.4, -0.2) is 37.0 Å². The summed E-state index contributed by atoms with van der Waals surface area (Å²) in [6.07, 6.45) is 1.75. The molecular weight excluding hydrogens is 314 g/mol. The third-order valence-corrected chi connectivity index (χ3v) is 3.88. The van der Waals surface area contributed by atoms with Crippen LogP contribution in [0.2, 0.25) is 0 Å². The van der Waals surface area contributed by atoms with E-state index in [0.29, 0.717) is 18.1 Å². The topological polar surface area (TPSA) is 111 Å². The molecule has 1 aliphatic rings. The van der Waals surface area contributed by atoms with Crippen molar-refractivity contribution in [2.75, 3.05) is 6.61 Å². The summed E-state index contributed by atoms with van der Waals surface area (Å²) in [5, 5.41) is 16.8. The molecule has 0 bridgehead atoms. The minimum absolute atomic E-state index is 0.166. The van der Waals surface area contributed by atoms with Gasteiger partial charge in [-0.2, -0.15) is 5.10 Å². The van der Waals surface area contributed by atoms with Gasteiger partial charge in [0.25, 0.3) is 11.5 Å². The second-order valence-corrected chi connectivity index (χ2v) is 6.11. The van der Waals surface area contributed by atoms with Gasteiger partial charge in [0, 0.05) is 13.2 Å². The first-order valence-electron chi connectivity index (χ1n) is 7.54. The lowest BCUT2D eigenvalue weighted by molar-refractivity contribution is -0.0566. The highest BCUT2D eigenvalue weighted by molar-refractivity contribution is 5.94. The molecule has 0 saturated heterocycles. The zero-order valence-electron chi connectivity index (χ0n) is 13.7. The second-order valence-electron chi connectivity index (χ2n) is 6.11. The number of ether oxygens (including phenoxy) is 1. The summed E-state index contributed by atoms with van der Waals surface area (Å²) < 4.78 is 8.56. The Kier molecular flexibility index (Phi) is 3.88. The molecule has 9 nitrogen and oxygen atoms in total. The van der Waals surface area contributed by atoms with Crippen LogP contribution in [0.1, 0.15) is 35.9 Å². The summed E-state index contributed by atoms with van der Waals surface area (Å²) in [7, 11) is 1.77. The predicted octanol–water partition coefficient (Wildman–Crippen LogP) is -0.122. The Morgan fingerprint density at radius 2 is 2.25 bits per heavy atom. The molecule has 2 aromatic rings. The Bertz CT molecular complexity index is 852. The SMILES string of the molecule is Cn1ccc(CNC(=O)c2nc3n(c(=O)c2O)CCOC3(C)C)n1. The minimum atomic E-state index is -0.818. The standard InChI is InChI=1S/C15H19N5O4/c1-15(2)14-17-10(11(21)13(23)20(14)6-7-24-15)12(22)16-8-9-4-5-19(3)18-9/h4-5,21H,6-8H2,1-3H3,(H,16,22). The molecule has 0 aliphatic carbocycles. The fourth-order valence-corrected chi connectivity index (χ4v) is 2.64. The van der Waals surface area contributed by atoms with Crippen molar-refractivity contribution in [2.24, 2.45) is 7.05 Å². The van der Waals surface area contributed by atoms with Crippen molar-refractivity contribution in [3.63, 3.8) is 0 Å². The van der Waals surface area contributed by atoms with Gasteiger partial charge in [-0.05, 0) is 19.9 Å². The predicted molar refractivity (Wildman–Crippen MR) is 83.5 cm³/mol. The zero-order chi connectivity index (χ0) is 17.5. The van der Waals surface area contributed by atoms with Crippen molar-refractivity contribution in [1.82, 2.24) is 24.6 Å².